The van der Waals surface area contributed by atoms with E-state index in [-0.39, 0.29) is 17.3 Å². The number of hydrogen-bond acceptors (Lipinski definition) is 3. The molecule has 0 saturated carbocycles. The molecule has 1 aromatic rings. The maximum atomic E-state index is 11.8. The lowest BCUT2D eigenvalue weighted by molar-refractivity contribution is 0.400. The zero-order valence-corrected chi connectivity index (χ0v) is 12.8. The molecule has 4 nitrogen and oxygen atoms in total. The molecule has 104 valence electrons. The molecule has 0 fully saturated rings. The third kappa shape index (κ3) is 6.02. The van der Waals surface area contributed by atoms with Gasteiger partial charge in [-0.2, -0.15) is 0 Å². The SMILES string of the molecule is CN(C)CCCNS(=O)(=O)c1ccc(Cl)cc1.Cl. The van der Waals surface area contributed by atoms with Gasteiger partial charge in [0.2, 0.25) is 10.0 Å². The van der Waals surface area contributed by atoms with Crippen molar-refractivity contribution in [3.63, 3.8) is 0 Å². The predicted molar refractivity (Wildman–Crippen MR) is 77.1 cm³/mol. The van der Waals surface area contributed by atoms with Gasteiger partial charge in [-0.05, 0) is 51.3 Å². The number of halogens is 2. The van der Waals surface area contributed by atoms with Crippen LogP contribution >= 0.6 is 24.0 Å². The van der Waals surface area contributed by atoms with Crippen LogP contribution in [0.15, 0.2) is 29.2 Å². The largest absolute Gasteiger partial charge is 0.309 e. The molecule has 0 radical (unpaired) electrons. The van der Waals surface area contributed by atoms with Crippen molar-refractivity contribution in [1.29, 1.82) is 0 Å². The van der Waals surface area contributed by atoms with Gasteiger partial charge in [0.1, 0.15) is 0 Å². The second-order valence-corrected chi connectivity index (χ2v) is 6.21. The van der Waals surface area contributed by atoms with E-state index in [1.807, 2.05) is 19.0 Å². The van der Waals surface area contributed by atoms with Crippen LogP contribution in [0.5, 0.6) is 0 Å². The van der Waals surface area contributed by atoms with Crippen molar-refractivity contribution in [2.45, 2.75) is 11.3 Å². The van der Waals surface area contributed by atoms with Crippen LogP contribution in [-0.2, 0) is 10.0 Å². The third-order valence-electron chi connectivity index (χ3n) is 2.20. The molecule has 0 aliphatic rings. The van der Waals surface area contributed by atoms with Gasteiger partial charge in [-0.15, -0.1) is 12.4 Å². The Morgan fingerprint density at radius 3 is 2.28 bits per heavy atom. The molecule has 0 spiro atoms. The third-order valence-corrected chi connectivity index (χ3v) is 3.93. The normalized spacial score (nSPS) is 11.3. The molecule has 0 unspecified atom stereocenters. The van der Waals surface area contributed by atoms with Crippen LogP contribution in [0.3, 0.4) is 0 Å². The van der Waals surface area contributed by atoms with Gasteiger partial charge in [-0.25, -0.2) is 13.1 Å². The molecule has 7 heteroatoms. The molecule has 0 atom stereocenters. The van der Waals surface area contributed by atoms with Gasteiger partial charge in [0.05, 0.1) is 4.90 Å². The summed E-state index contributed by atoms with van der Waals surface area (Å²) in [7, 11) is 0.502. The minimum atomic E-state index is -3.40. The monoisotopic (exact) mass is 312 g/mol. The molecule has 1 rings (SSSR count). The van der Waals surface area contributed by atoms with E-state index in [4.69, 9.17) is 11.6 Å². The maximum absolute atomic E-state index is 11.8. The van der Waals surface area contributed by atoms with Crippen molar-refractivity contribution in [3.05, 3.63) is 29.3 Å². The van der Waals surface area contributed by atoms with E-state index in [0.717, 1.165) is 13.0 Å². The van der Waals surface area contributed by atoms with Crippen LogP contribution in [0.4, 0.5) is 0 Å². The molecule has 0 amide bonds. The van der Waals surface area contributed by atoms with Gasteiger partial charge in [-0.1, -0.05) is 11.6 Å². The molecule has 0 aliphatic heterocycles. The topological polar surface area (TPSA) is 49.4 Å². The number of benzene rings is 1. The van der Waals surface area contributed by atoms with E-state index < -0.39 is 10.0 Å². The highest BCUT2D eigenvalue weighted by atomic mass is 35.5. The molecule has 18 heavy (non-hydrogen) atoms. The van der Waals surface area contributed by atoms with Gasteiger partial charge in [0.25, 0.3) is 0 Å². The van der Waals surface area contributed by atoms with Gasteiger partial charge in [0.15, 0.2) is 0 Å². The van der Waals surface area contributed by atoms with Crippen LogP contribution in [0, 0.1) is 0 Å². The van der Waals surface area contributed by atoms with E-state index in [1.54, 1.807) is 12.1 Å². The van der Waals surface area contributed by atoms with Crippen molar-refractivity contribution >= 4 is 34.0 Å². The van der Waals surface area contributed by atoms with Crippen molar-refractivity contribution in [3.8, 4) is 0 Å². The van der Waals surface area contributed by atoms with Gasteiger partial charge in [0, 0.05) is 11.6 Å². The van der Waals surface area contributed by atoms with E-state index in [9.17, 15) is 8.42 Å². The van der Waals surface area contributed by atoms with Crippen molar-refractivity contribution < 1.29 is 8.42 Å². The lowest BCUT2D eigenvalue weighted by atomic mass is 10.4. The van der Waals surface area contributed by atoms with Crippen LogP contribution < -0.4 is 4.72 Å². The Morgan fingerprint density at radius 1 is 1.22 bits per heavy atom. The summed E-state index contributed by atoms with van der Waals surface area (Å²) in [4.78, 5) is 2.25. The lowest BCUT2D eigenvalue weighted by Crippen LogP contribution is -2.27. The van der Waals surface area contributed by atoms with Crippen LogP contribution in [-0.4, -0.2) is 40.5 Å². The van der Waals surface area contributed by atoms with Crippen LogP contribution in [0.25, 0.3) is 0 Å². The van der Waals surface area contributed by atoms with E-state index >= 15 is 0 Å². The average molecular weight is 313 g/mol. The second-order valence-electron chi connectivity index (χ2n) is 4.01. The number of nitrogens with one attached hydrogen (secondary N) is 1. The van der Waals surface area contributed by atoms with Crippen molar-refractivity contribution in [2.75, 3.05) is 27.2 Å². The Bertz CT molecular complexity index is 447. The smallest absolute Gasteiger partial charge is 0.240 e. The second kappa shape index (κ2) is 7.96. The molecule has 0 saturated heterocycles. The summed E-state index contributed by atoms with van der Waals surface area (Å²) in [5, 5.41) is 0.525. The highest BCUT2D eigenvalue weighted by Crippen LogP contribution is 2.13. The first-order valence-electron chi connectivity index (χ1n) is 5.32. The highest BCUT2D eigenvalue weighted by Gasteiger charge is 2.12. The van der Waals surface area contributed by atoms with Crippen LogP contribution in [0.1, 0.15) is 6.42 Å². The first kappa shape index (κ1) is 17.7. The number of nitrogens with zero attached hydrogens (tertiary/aromatic N) is 1. The Hall–Kier alpha value is -0.330. The Morgan fingerprint density at radius 2 is 1.78 bits per heavy atom. The summed E-state index contributed by atoms with van der Waals surface area (Å²) in [6, 6.07) is 6.12. The first-order chi connectivity index (χ1) is 7.92. The van der Waals surface area contributed by atoms with E-state index in [1.165, 1.54) is 12.1 Å². The Kier molecular flexibility index (Phi) is 7.82. The number of hydrogen-bond donors (Lipinski definition) is 1. The van der Waals surface area contributed by atoms with E-state index in [2.05, 4.69) is 4.72 Å². The summed E-state index contributed by atoms with van der Waals surface area (Å²) in [5.41, 5.74) is 0. The Balaban J connectivity index is 0.00000289. The molecular formula is C11H18Cl2N2O2S. The zero-order chi connectivity index (χ0) is 12.9. The molecular weight excluding hydrogens is 295 g/mol. The molecule has 0 heterocycles. The average Bonchev–Trinajstić information content (AvgIpc) is 2.25. The Labute approximate surface area is 120 Å². The molecule has 1 N–H and O–H groups in total. The number of rotatable bonds is 6. The molecule has 1 aromatic carbocycles. The van der Waals surface area contributed by atoms with Gasteiger partial charge < -0.3 is 4.90 Å². The molecule has 0 bridgehead atoms. The fourth-order valence-corrected chi connectivity index (χ4v) is 2.50. The van der Waals surface area contributed by atoms with Gasteiger partial charge >= 0.3 is 0 Å². The zero-order valence-electron chi connectivity index (χ0n) is 10.4. The maximum Gasteiger partial charge on any atom is 0.240 e. The summed E-state index contributed by atoms with van der Waals surface area (Å²) in [5.74, 6) is 0. The minimum Gasteiger partial charge on any atom is -0.309 e. The van der Waals surface area contributed by atoms with Crippen LogP contribution in [0.2, 0.25) is 5.02 Å². The van der Waals surface area contributed by atoms with Gasteiger partial charge in [-0.3, -0.25) is 0 Å². The van der Waals surface area contributed by atoms with Crippen molar-refractivity contribution in [1.82, 2.24) is 9.62 Å². The fraction of sp³-hybridized carbons (Fsp3) is 0.455. The molecule has 0 aliphatic carbocycles. The minimum absolute atomic E-state index is 0. The summed E-state index contributed by atoms with van der Waals surface area (Å²) in [6.45, 7) is 1.28. The van der Waals surface area contributed by atoms with E-state index in [0.29, 0.717) is 11.6 Å². The quantitative estimate of drug-likeness (QED) is 0.817. The standard InChI is InChI=1S/C11H17ClN2O2S.ClH/c1-14(2)9-3-8-13-17(15,16)11-6-4-10(12)5-7-11;/h4-7,13H,3,8-9H2,1-2H3;1H. The fourth-order valence-electron chi connectivity index (χ4n) is 1.30. The highest BCUT2D eigenvalue weighted by molar-refractivity contribution is 7.89. The van der Waals surface area contributed by atoms with Crippen molar-refractivity contribution in [2.24, 2.45) is 0 Å². The predicted octanol–water partition coefficient (Wildman–Crippen LogP) is 1.99. The first-order valence-corrected chi connectivity index (χ1v) is 7.18. The summed E-state index contributed by atoms with van der Waals surface area (Å²) < 4.78 is 26.2. The summed E-state index contributed by atoms with van der Waals surface area (Å²) in [6.07, 6.45) is 0.778. The number of sulfonamides is 1. The summed E-state index contributed by atoms with van der Waals surface area (Å²) >= 11 is 5.70. The molecule has 0 aromatic heterocycles. The lowest BCUT2D eigenvalue weighted by Gasteiger charge is -2.10.